The van der Waals surface area contributed by atoms with Gasteiger partial charge in [-0.05, 0) is 24.5 Å². The molecule has 1 aromatic carbocycles. The van der Waals surface area contributed by atoms with Crippen molar-refractivity contribution in [1.82, 2.24) is 4.90 Å². The van der Waals surface area contributed by atoms with Crippen molar-refractivity contribution in [2.45, 2.75) is 13.0 Å². The predicted octanol–water partition coefficient (Wildman–Crippen LogP) is 0.684. The molecule has 4 heteroatoms. The van der Waals surface area contributed by atoms with Crippen LogP contribution in [0.15, 0.2) is 48.1 Å². The number of rotatable bonds is 5. The number of benzene rings is 1. The van der Waals surface area contributed by atoms with E-state index in [0.717, 1.165) is 18.5 Å². The monoisotopic (exact) mass is 243 g/mol. The van der Waals surface area contributed by atoms with Crippen LogP contribution in [0.25, 0.3) is 0 Å². The minimum Gasteiger partial charge on any atom is -0.423 e. The van der Waals surface area contributed by atoms with Gasteiger partial charge < -0.3 is 10.0 Å². The van der Waals surface area contributed by atoms with Crippen molar-refractivity contribution >= 4 is 12.6 Å². The van der Waals surface area contributed by atoms with E-state index >= 15 is 0 Å². The Balaban J connectivity index is 2.00. The quantitative estimate of drug-likeness (QED) is 0.747. The molecule has 0 heterocycles. The lowest BCUT2D eigenvalue weighted by molar-refractivity contribution is 0.353. The van der Waals surface area contributed by atoms with Crippen LogP contribution in [-0.4, -0.2) is 35.7 Å². The molecular formula is C14H18BNO2. The van der Waals surface area contributed by atoms with Gasteiger partial charge in [-0.25, -0.2) is 0 Å². The van der Waals surface area contributed by atoms with Gasteiger partial charge in [0.1, 0.15) is 0 Å². The van der Waals surface area contributed by atoms with Crippen LogP contribution in [0.5, 0.6) is 0 Å². The minimum atomic E-state index is -1.40. The fourth-order valence-corrected chi connectivity index (χ4v) is 2.23. The molecule has 0 bridgehead atoms. The summed E-state index contributed by atoms with van der Waals surface area (Å²) in [7, 11) is 0.640. The number of hydrogen-bond acceptors (Lipinski definition) is 3. The van der Waals surface area contributed by atoms with Crippen LogP contribution in [0.1, 0.15) is 12.0 Å². The molecule has 0 fully saturated rings. The molecule has 0 aliphatic heterocycles. The average molecular weight is 243 g/mol. The summed E-state index contributed by atoms with van der Waals surface area (Å²) in [6.45, 7) is 1.62. The molecule has 1 aliphatic carbocycles. The minimum absolute atomic E-state index is 0.586. The summed E-state index contributed by atoms with van der Waals surface area (Å²) in [4.78, 5) is 2.18. The topological polar surface area (TPSA) is 43.7 Å². The molecule has 94 valence electrons. The number of nitrogens with zero attached hydrogens (tertiary/aromatic N) is 1. The second kappa shape index (κ2) is 6.00. The highest BCUT2D eigenvalue weighted by molar-refractivity contribution is 6.59. The van der Waals surface area contributed by atoms with Crippen molar-refractivity contribution in [2.75, 3.05) is 13.6 Å². The number of likely N-dealkylation sites (N-methyl/N-ethyl adjacent to an activating group) is 1. The smallest absolute Gasteiger partial charge is 0.423 e. The van der Waals surface area contributed by atoms with Crippen molar-refractivity contribution < 1.29 is 10.0 Å². The van der Waals surface area contributed by atoms with Crippen LogP contribution in [0, 0.1) is 0 Å². The van der Waals surface area contributed by atoms with Gasteiger partial charge >= 0.3 is 7.12 Å². The van der Waals surface area contributed by atoms with Crippen LogP contribution in [0.3, 0.4) is 0 Å². The first kappa shape index (κ1) is 13.1. The van der Waals surface area contributed by atoms with Crippen LogP contribution in [0.2, 0.25) is 0 Å². The standard InChI is InChI=1S/C14H18BNO2/c1-16(10-12-6-2-3-7-12)11-13-8-4-5-9-14(13)15(17)18/h2-6,8-9,17-18H,7,10-11H2,1H3. The number of hydrogen-bond donors (Lipinski definition) is 2. The summed E-state index contributed by atoms with van der Waals surface area (Å²) in [5.41, 5.74) is 2.93. The van der Waals surface area contributed by atoms with E-state index in [1.54, 1.807) is 6.07 Å². The Kier molecular flexibility index (Phi) is 4.36. The molecule has 0 spiro atoms. The Bertz CT molecular complexity index is 469. The van der Waals surface area contributed by atoms with Gasteiger partial charge in [-0.2, -0.15) is 0 Å². The SMILES string of the molecule is CN(CC1=CC=CC1)Cc1ccccc1B(O)O. The maximum atomic E-state index is 9.32. The summed E-state index contributed by atoms with van der Waals surface area (Å²) in [6, 6.07) is 7.43. The van der Waals surface area contributed by atoms with Gasteiger partial charge in [0, 0.05) is 13.1 Å². The summed E-state index contributed by atoms with van der Waals surface area (Å²) >= 11 is 0. The van der Waals surface area contributed by atoms with Gasteiger partial charge in [0.2, 0.25) is 0 Å². The molecule has 3 nitrogen and oxygen atoms in total. The third-order valence-electron chi connectivity index (χ3n) is 3.09. The largest absolute Gasteiger partial charge is 0.488 e. The summed E-state index contributed by atoms with van der Waals surface area (Å²) in [6.07, 6.45) is 7.39. The molecule has 1 aliphatic rings. The van der Waals surface area contributed by atoms with Crippen molar-refractivity contribution in [2.24, 2.45) is 0 Å². The van der Waals surface area contributed by atoms with Crippen LogP contribution < -0.4 is 5.46 Å². The van der Waals surface area contributed by atoms with E-state index in [0.29, 0.717) is 12.0 Å². The first-order valence-electron chi connectivity index (χ1n) is 6.14. The lowest BCUT2D eigenvalue weighted by atomic mass is 9.77. The maximum absolute atomic E-state index is 9.32. The Morgan fingerprint density at radius 3 is 2.67 bits per heavy atom. The Morgan fingerprint density at radius 1 is 1.22 bits per heavy atom. The number of allylic oxidation sites excluding steroid dienone is 3. The molecule has 0 saturated heterocycles. The van der Waals surface area contributed by atoms with Crippen molar-refractivity contribution in [3.05, 3.63) is 53.6 Å². The van der Waals surface area contributed by atoms with Crippen molar-refractivity contribution in [1.29, 1.82) is 0 Å². The zero-order chi connectivity index (χ0) is 13.0. The third-order valence-corrected chi connectivity index (χ3v) is 3.09. The Labute approximate surface area is 108 Å². The van der Waals surface area contributed by atoms with Crippen molar-refractivity contribution in [3.63, 3.8) is 0 Å². The Hall–Kier alpha value is -1.36. The van der Waals surface area contributed by atoms with E-state index in [2.05, 4.69) is 23.1 Å². The van der Waals surface area contributed by atoms with E-state index in [4.69, 9.17) is 0 Å². The Morgan fingerprint density at radius 2 is 2.00 bits per heavy atom. The first-order valence-corrected chi connectivity index (χ1v) is 6.14. The summed E-state index contributed by atoms with van der Waals surface area (Å²) in [5.74, 6) is 0. The second-order valence-electron chi connectivity index (χ2n) is 4.70. The van der Waals surface area contributed by atoms with Gasteiger partial charge in [-0.1, -0.05) is 48.1 Å². The first-order chi connectivity index (χ1) is 8.66. The fraction of sp³-hybridized carbons (Fsp3) is 0.286. The van der Waals surface area contributed by atoms with Gasteiger partial charge in [-0.3, -0.25) is 4.90 Å². The third kappa shape index (κ3) is 3.32. The highest BCUT2D eigenvalue weighted by atomic mass is 16.4. The molecule has 0 amide bonds. The van der Waals surface area contributed by atoms with E-state index in [1.165, 1.54) is 5.57 Å². The average Bonchev–Trinajstić information content (AvgIpc) is 2.82. The zero-order valence-corrected chi connectivity index (χ0v) is 10.6. The molecular weight excluding hydrogens is 225 g/mol. The van der Waals surface area contributed by atoms with Gasteiger partial charge in [0.25, 0.3) is 0 Å². The van der Waals surface area contributed by atoms with E-state index in [-0.39, 0.29) is 0 Å². The molecule has 18 heavy (non-hydrogen) atoms. The van der Waals surface area contributed by atoms with Crippen LogP contribution in [0.4, 0.5) is 0 Å². The zero-order valence-electron chi connectivity index (χ0n) is 10.6. The highest BCUT2D eigenvalue weighted by Crippen LogP contribution is 2.12. The molecule has 0 saturated carbocycles. The van der Waals surface area contributed by atoms with E-state index in [9.17, 15) is 10.0 Å². The maximum Gasteiger partial charge on any atom is 0.488 e. The molecule has 0 unspecified atom stereocenters. The van der Waals surface area contributed by atoms with Crippen LogP contribution in [-0.2, 0) is 6.54 Å². The molecule has 2 rings (SSSR count). The molecule has 0 aromatic heterocycles. The molecule has 1 aromatic rings. The van der Waals surface area contributed by atoms with Gasteiger partial charge in [-0.15, -0.1) is 0 Å². The van der Waals surface area contributed by atoms with E-state index in [1.807, 2.05) is 25.2 Å². The fourth-order valence-electron chi connectivity index (χ4n) is 2.23. The summed E-state index contributed by atoms with van der Waals surface area (Å²) < 4.78 is 0. The van der Waals surface area contributed by atoms with Gasteiger partial charge in [0.15, 0.2) is 0 Å². The van der Waals surface area contributed by atoms with Gasteiger partial charge in [0.05, 0.1) is 0 Å². The molecule has 0 atom stereocenters. The lowest BCUT2D eigenvalue weighted by Crippen LogP contribution is -2.35. The second-order valence-corrected chi connectivity index (χ2v) is 4.70. The van der Waals surface area contributed by atoms with E-state index < -0.39 is 7.12 Å². The highest BCUT2D eigenvalue weighted by Gasteiger charge is 2.16. The summed E-state index contributed by atoms with van der Waals surface area (Å²) in [5, 5.41) is 18.6. The van der Waals surface area contributed by atoms with Crippen LogP contribution >= 0.6 is 0 Å². The lowest BCUT2D eigenvalue weighted by Gasteiger charge is -2.19. The van der Waals surface area contributed by atoms with Crippen molar-refractivity contribution in [3.8, 4) is 0 Å². The molecule has 0 radical (unpaired) electrons. The normalized spacial score (nSPS) is 14.1. The molecule has 2 N–H and O–H groups in total. The predicted molar refractivity (Wildman–Crippen MR) is 74.4 cm³/mol.